The molecule has 1 aromatic carbocycles. The van der Waals surface area contributed by atoms with Gasteiger partial charge in [-0.05, 0) is 11.6 Å². The van der Waals surface area contributed by atoms with Crippen molar-refractivity contribution >= 4 is 22.8 Å². The average Bonchev–Trinajstić information content (AvgIpc) is 2.80. The van der Waals surface area contributed by atoms with Gasteiger partial charge >= 0.3 is 5.70 Å². The van der Waals surface area contributed by atoms with Gasteiger partial charge in [-0.2, -0.15) is 0 Å². The highest BCUT2D eigenvalue weighted by molar-refractivity contribution is 6.29. The number of nitrogens with zero attached hydrogens (tertiary/aromatic N) is 3. The van der Waals surface area contributed by atoms with Gasteiger partial charge in [0.25, 0.3) is 11.4 Å². The van der Waals surface area contributed by atoms with E-state index in [4.69, 9.17) is 0 Å². The molecule has 0 fully saturated rings. The smallest absolute Gasteiger partial charge is 0.293 e. The molecule has 0 amide bonds. The molecule has 0 radical (unpaired) electrons. The third-order valence-electron chi connectivity index (χ3n) is 3.78. The molecule has 0 N–H and O–H groups in total. The van der Waals surface area contributed by atoms with Crippen LogP contribution in [0.5, 0.6) is 0 Å². The van der Waals surface area contributed by atoms with Crippen molar-refractivity contribution in [1.29, 1.82) is 0 Å². The Balaban J connectivity index is 2.33. The van der Waals surface area contributed by atoms with Crippen molar-refractivity contribution in [2.45, 2.75) is 0 Å². The number of nitro benzene ring substituents is 1. The number of nitro groups is 3. The van der Waals surface area contributed by atoms with Crippen LogP contribution in [0.1, 0.15) is 15.9 Å². The topological polar surface area (TPSA) is 164 Å². The van der Waals surface area contributed by atoms with Gasteiger partial charge in [0, 0.05) is 17.7 Å². The van der Waals surface area contributed by atoms with E-state index in [1.54, 1.807) is 0 Å². The van der Waals surface area contributed by atoms with Gasteiger partial charge < -0.3 is 0 Å². The number of rotatable bonds is 3. The second-order valence-electron chi connectivity index (χ2n) is 4.99. The van der Waals surface area contributed by atoms with Crippen LogP contribution in [-0.2, 0) is 4.79 Å². The minimum atomic E-state index is -1.73. The number of allylic oxidation sites excluding steroid dienone is 3. The molecule has 2 aliphatic carbocycles. The summed E-state index contributed by atoms with van der Waals surface area (Å²) in [5, 5.41) is 32.9. The Bertz CT molecular complexity index is 943. The van der Waals surface area contributed by atoms with Gasteiger partial charge in [0.05, 0.1) is 26.4 Å². The molecule has 11 heteroatoms. The zero-order chi connectivity index (χ0) is 17.8. The Morgan fingerprint density at radius 3 is 2.04 bits per heavy atom. The number of carbonyl (C=O) groups is 2. The summed E-state index contributed by atoms with van der Waals surface area (Å²) in [7, 11) is 0. The van der Waals surface area contributed by atoms with Crippen LogP contribution in [0, 0.1) is 36.3 Å². The van der Waals surface area contributed by atoms with E-state index in [0.717, 1.165) is 18.2 Å². The van der Waals surface area contributed by atoms with Crippen LogP contribution in [-0.4, -0.2) is 26.3 Å². The van der Waals surface area contributed by atoms with Crippen LogP contribution in [0.4, 0.5) is 5.69 Å². The average molecular weight is 331 g/mol. The Morgan fingerprint density at radius 2 is 1.50 bits per heavy atom. The zero-order valence-corrected chi connectivity index (χ0v) is 11.5. The Kier molecular flexibility index (Phi) is 3.08. The lowest BCUT2D eigenvalue weighted by Crippen LogP contribution is -2.29. The maximum Gasteiger partial charge on any atom is 0.320 e. The van der Waals surface area contributed by atoms with Gasteiger partial charge in [0.15, 0.2) is 5.78 Å². The van der Waals surface area contributed by atoms with E-state index in [2.05, 4.69) is 0 Å². The summed E-state index contributed by atoms with van der Waals surface area (Å²) in [6.07, 6.45) is 0.512. The van der Waals surface area contributed by atoms with E-state index in [-0.39, 0.29) is 16.7 Å². The molecule has 11 nitrogen and oxygen atoms in total. The van der Waals surface area contributed by atoms with Crippen LogP contribution in [0.2, 0.25) is 0 Å². The number of fused-ring (bicyclic) bond motifs is 3. The molecule has 0 saturated carbocycles. The minimum absolute atomic E-state index is 0.00528. The summed E-state index contributed by atoms with van der Waals surface area (Å²) in [5.41, 5.74) is -2.76. The number of carbonyl (C=O) groups excluding carboxylic acids is 2. The summed E-state index contributed by atoms with van der Waals surface area (Å²) < 4.78 is 0. The predicted molar refractivity (Wildman–Crippen MR) is 74.9 cm³/mol. The molecule has 1 aromatic rings. The molecule has 0 saturated heterocycles. The molecule has 120 valence electrons. The molecule has 0 bridgehead atoms. The fourth-order valence-corrected chi connectivity index (χ4v) is 2.78. The third kappa shape index (κ3) is 1.91. The van der Waals surface area contributed by atoms with E-state index >= 15 is 0 Å². The van der Waals surface area contributed by atoms with Gasteiger partial charge in [-0.15, -0.1) is 0 Å². The summed E-state index contributed by atoms with van der Waals surface area (Å²) >= 11 is 0. The first-order chi connectivity index (χ1) is 11.2. The second-order valence-corrected chi connectivity index (χ2v) is 4.99. The number of benzene rings is 1. The van der Waals surface area contributed by atoms with Crippen molar-refractivity contribution in [2.24, 2.45) is 5.92 Å². The van der Waals surface area contributed by atoms with Crippen LogP contribution >= 0.6 is 0 Å². The highest BCUT2D eigenvalue weighted by atomic mass is 16.6. The van der Waals surface area contributed by atoms with E-state index in [9.17, 15) is 39.9 Å². The maximum absolute atomic E-state index is 12.4. The molecule has 24 heavy (non-hydrogen) atoms. The lowest BCUT2D eigenvalue weighted by molar-refractivity contribution is -0.431. The first kappa shape index (κ1) is 15.1. The van der Waals surface area contributed by atoms with E-state index < -0.39 is 49.3 Å². The quantitative estimate of drug-likeness (QED) is 0.452. The molecule has 0 heterocycles. The van der Waals surface area contributed by atoms with Gasteiger partial charge in [0.1, 0.15) is 5.92 Å². The normalized spacial score (nSPS) is 18.8. The highest BCUT2D eigenvalue weighted by Gasteiger charge is 2.51. The SMILES string of the molecule is O=C1C([N+](=O)[O-])=CC([N+](=O)[O-])=C2c3ccc([N+](=O)[O-])cc3C(=O)C12. The lowest BCUT2D eigenvalue weighted by Gasteiger charge is -2.12. The predicted octanol–water partition coefficient (Wildman–Crippen LogP) is 1.14. The van der Waals surface area contributed by atoms with Crippen molar-refractivity contribution in [3.63, 3.8) is 0 Å². The number of Topliss-reactive ketones (excluding diaryl/α,β-unsaturated/α-hetero) is 2. The molecule has 1 unspecified atom stereocenters. The molecule has 3 rings (SSSR count). The summed E-state index contributed by atoms with van der Waals surface area (Å²) in [4.78, 5) is 54.7. The van der Waals surface area contributed by atoms with Crippen molar-refractivity contribution in [2.75, 3.05) is 0 Å². The van der Waals surface area contributed by atoms with Crippen LogP contribution in [0.25, 0.3) is 5.57 Å². The molecule has 0 aromatic heterocycles. The molecule has 2 aliphatic rings. The fraction of sp³-hybridized carbons (Fsp3) is 0.0769. The number of hydrogen-bond acceptors (Lipinski definition) is 8. The minimum Gasteiger partial charge on any atom is -0.293 e. The Labute approximate surface area is 131 Å². The highest BCUT2D eigenvalue weighted by Crippen LogP contribution is 2.44. The molecule has 0 spiro atoms. The Morgan fingerprint density at radius 1 is 0.833 bits per heavy atom. The first-order valence-electron chi connectivity index (χ1n) is 6.36. The van der Waals surface area contributed by atoms with E-state index in [1.165, 1.54) is 0 Å². The number of ketones is 2. The number of non-ortho nitro benzene ring substituents is 1. The fourth-order valence-electron chi connectivity index (χ4n) is 2.78. The molecular formula is C13H5N3O8. The van der Waals surface area contributed by atoms with Crippen LogP contribution in [0.15, 0.2) is 35.7 Å². The van der Waals surface area contributed by atoms with Crippen molar-refractivity contribution in [3.05, 3.63) is 77.1 Å². The van der Waals surface area contributed by atoms with Crippen LogP contribution < -0.4 is 0 Å². The van der Waals surface area contributed by atoms with Crippen LogP contribution in [0.3, 0.4) is 0 Å². The second kappa shape index (κ2) is 4.87. The summed E-state index contributed by atoms with van der Waals surface area (Å²) in [6.45, 7) is 0. The van der Waals surface area contributed by atoms with Crippen molar-refractivity contribution in [3.8, 4) is 0 Å². The number of hydrogen-bond donors (Lipinski definition) is 0. The van der Waals surface area contributed by atoms with Crippen molar-refractivity contribution < 1.29 is 24.4 Å². The largest absolute Gasteiger partial charge is 0.320 e. The van der Waals surface area contributed by atoms with Gasteiger partial charge in [-0.1, -0.05) is 0 Å². The molecule has 0 aliphatic heterocycles. The first-order valence-corrected chi connectivity index (χ1v) is 6.36. The van der Waals surface area contributed by atoms with Gasteiger partial charge in [-0.25, -0.2) is 0 Å². The van der Waals surface area contributed by atoms with E-state index in [0.29, 0.717) is 6.08 Å². The van der Waals surface area contributed by atoms with E-state index in [1.807, 2.05) is 0 Å². The monoisotopic (exact) mass is 331 g/mol. The summed E-state index contributed by atoms with van der Waals surface area (Å²) in [5.74, 6) is -3.84. The standard InChI is InChI=1S/C13H5N3O8/c17-12-7-3-5(14(19)20)1-2-6(7)10-8(15(21)22)4-9(16(23)24)13(18)11(10)12/h1-4,11H. The maximum atomic E-state index is 12.4. The molecule has 1 atom stereocenters. The molecular weight excluding hydrogens is 326 g/mol. The zero-order valence-electron chi connectivity index (χ0n) is 11.5. The lowest BCUT2D eigenvalue weighted by atomic mass is 9.87. The third-order valence-corrected chi connectivity index (χ3v) is 3.78. The summed E-state index contributed by atoms with van der Waals surface area (Å²) in [6, 6.07) is 3.07. The Hall–Kier alpha value is -3.76. The van der Waals surface area contributed by atoms with Crippen molar-refractivity contribution in [1.82, 2.24) is 0 Å². The van der Waals surface area contributed by atoms with Gasteiger partial charge in [0.2, 0.25) is 5.78 Å². The van der Waals surface area contributed by atoms with Gasteiger partial charge in [-0.3, -0.25) is 39.9 Å².